The molecule has 0 fully saturated rings. The van der Waals surface area contributed by atoms with E-state index in [0.29, 0.717) is 19.2 Å². The highest BCUT2D eigenvalue weighted by molar-refractivity contribution is 6.08. The number of carboxylic acids is 1. The van der Waals surface area contributed by atoms with Crippen LogP contribution in [-0.2, 0) is 5.92 Å². The number of hydrogen-bond donors (Lipinski definition) is 2. The van der Waals surface area contributed by atoms with Crippen molar-refractivity contribution < 1.29 is 31.9 Å². The maximum Gasteiger partial charge on any atom is 0.412 e. The summed E-state index contributed by atoms with van der Waals surface area (Å²) in [4.78, 5) is 17.8. The largest absolute Gasteiger partial charge is 0.478 e. The lowest BCUT2D eigenvalue weighted by Gasteiger charge is -2.34. The van der Waals surface area contributed by atoms with Gasteiger partial charge < -0.3 is 15.3 Å². The Morgan fingerprint density at radius 3 is 2.46 bits per heavy atom. The van der Waals surface area contributed by atoms with Crippen LogP contribution in [0.4, 0.5) is 33.3 Å². The van der Waals surface area contributed by atoms with Gasteiger partial charge in [-0.2, -0.15) is 13.2 Å². The van der Waals surface area contributed by atoms with Crippen LogP contribution >= 0.6 is 0 Å². The van der Waals surface area contributed by atoms with Crippen molar-refractivity contribution in [2.45, 2.75) is 50.7 Å². The van der Waals surface area contributed by atoms with Crippen molar-refractivity contribution in [2.75, 3.05) is 12.4 Å². The van der Waals surface area contributed by atoms with E-state index in [4.69, 9.17) is 0 Å². The first-order chi connectivity index (χ1) is 17.3. The topological polar surface area (TPSA) is 64.9 Å². The molecule has 1 unspecified atom stereocenters. The molecule has 1 aliphatic heterocycles. The number of allylic oxidation sites excluding steroid dienone is 1. The number of carbonyl (C=O) groups is 1. The van der Waals surface area contributed by atoms with Crippen LogP contribution in [0.25, 0.3) is 5.70 Å². The summed E-state index contributed by atoms with van der Waals surface area (Å²) in [5, 5.41) is 11.7. The number of carboxylic acid groups (broad SMARTS) is 1. The summed E-state index contributed by atoms with van der Waals surface area (Å²) in [5.74, 6) is -4.46. The Balaban J connectivity index is 1.97. The number of aliphatic imine (C=N–C) groups is 1. The molecule has 2 aliphatic rings. The zero-order valence-electron chi connectivity index (χ0n) is 20.3. The number of nitrogens with one attached hydrogen (secondary N) is 1. The highest BCUT2D eigenvalue weighted by Gasteiger charge is 2.45. The van der Waals surface area contributed by atoms with Crippen molar-refractivity contribution >= 4 is 28.9 Å². The fourth-order valence-corrected chi connectivity index (χ4v) is 4.58. The van der Waals surface area contributed by atoms with Crippen LogP contribution in [0.2, 0.25) is 0 Å². The van der Waals surface area contributed by atoms with Crippen LogP contribution in [0.5, 0.6) is 0 Å². The molecule has 0 aromatic heterocycles. The molecule has 0 spiro atoms. The van der Waals surface area contributed by atoms with Gasteiger partial charge in [0.1, 0.15) is 5.84 Å². The third-order valence-electron chi connectivity index (χ3n) is 6.57. The van der Waals surface area contributed by atoms with E-state index in [0.717, 1.165) is 43.0 Å². The minimum absolute atomic E-state index is 0.0549. The number of likely N-dealkylation sites (N-methyl/N-ethyl adjacent to an activating group) is 1. The second-order valence-corrected chi connectivity index (χ2v) is 9.24. The summed E-state index contributed by atoms with van der Waals surface area (Å²) in [6.07, 6.45) is 0.360. The van der Waals surface area contributed by atoms with Crippen molar-refractivity contribution in [3.05, 3.63) is 76.9 Å². The van der Waals surface area contributed by atoms with Crippen molar-refractivity contribution in [1.82, 2.24) is 4.90 Å². The Hall–Kier alpha value is -3.69. The van der Waals surface area contributed by atoms with Crippen molar-refractivity contribution in [3.8, 4) is 0 Å². The standard InChI is InChI=1S/C27H26F5N3O2/c1-15-19-13-17(26(2,28)29)14-20(22(19)34-24(35(15)3)16-9-5-4-6-10-16)23(27(30,31)32)33-21-12-8-7-11-18(21)25(36)37/h7-9,11-14,23,33H,1,4-6,10H2,2-3H3,(H,36,37). The lowest BCUT2D eigenvalue weighted by atomic mass is 9.90. The molecule has 0 radical (unpaired) electrons. The number of halogens is 5. The zero-order chi connectivity index (χ0) is 27.1. The van der Waals surface area contributed by atoms with Crippen LogP contribution in [0.3, 0.4) is 0 Å². The van der Waals surface area contributed by atoms with E-state index >= 15 is 0 Å². The second-order valence-electron chi connectivity index (χ2n) is 9.24. The van der Waals surface area contributed by atoms with E-state index in [1.807, 2.05) is 6.08 Å². The molecule has 0 saturated heterocycles. The highest BCUT2D eigenvalue weighted by atomic mass is 19.4. The first kappa shape index (κ1) is 26.4. The zero-order valence-corrected chi connectivity index (χ0v) is 20.3. The number of amidine groups is 1. The molecule has 2 aromatic carbocycles. The molecule has 10 heteroatoms. The molecule has 0 saturated carbocycles. The van der Waals surface area contributed by atoms with Crippen LogP contribution in [0.1, 0.15) is 65.7 Å². The van der Waals surface area contributed by atoms with Crippen molar-refractivity contribution in [1.29, 1.82) is 0 Å². The van der Waals surface area contributed by atoms with Gasteiger partial charge in [0.15, 0.2) is 6.04 Å². The molecule has 1 heterocycles. The number of benzene rings is 2. The third kappa shape index (κ3) is 5.23. The van der Waals surface area contributed by atoms with Gasteiger partial charge in [0.2, 0.25) is 0 Å². The summed E-state index contributed by atoms with van der Waals surface area (Å²) in [5.41, 5.74) is -0.831. The maximum absolute atomic E-state index is 14.6. The number of alkyl halides is 5. The summed E-state index contributed by atoms with van der Waals surface area (Å²) in [6.45, 7) is 4.58. The first-order valence-electron chi connectivity index (χ1n) is 11.7. The van der Waals surface area contributed by atoms with E-state index in [1.54, 1.807) is 11.9 Å². The molecule has 0 bridgehead atoms. The number of aromatic carboxylic acids is 1. The smallest absolute Gasteiger partial charge is 0.412 e. The quantitative estimate of drug-likeness (QED) is 0.385. The monoisotopic (exact) mass is 519 g/mol. The Morgan fingerprint density at radius 2 is 1.86 bits per heavy atom. The summed E-state index contributed by atoms with van der Waals surface area (Å²) in [7, 11) is 1.65. The molecular weight excluding hydrogens is 493 g/mol. The number of para-hydroxylation sites is 1. The Bertz CT molecular complexity index is 1310. The van der Waals surface area contributed by atoms with Crippen LogP contribution < -0.4 is 5.32 Å². The Morgan fingerprint density at radius 1 is 1.16 bits per heavy atom. The summed E-state index contributed by atoms with van der Waals surface area (Å²) < 4.78 is 72.6. The van der Waals surface area contributed by atoms with Crippen molar-refractivity contribution in [3.63, 3.8) is 0 Å². The lowest BCUT2D eigenvalue weighted by Crippen LogP contribution is -2.32. The SMILES string of the molecule is C=C1c2cc(C(C)(F)F)cc(C(Nc3ccccc3C(=O)O)C(F)(F)F)c2N=C(C2=CCCCC2)N1C. The van der Waals surface area contributed by atoms with E-state index in [9.17, 15) is 31.9 Å². The van der Waals surface area contributed by atoms with Crippen LogP contribution in [0.15, 0.2) is 59.6 Å². The third-order valence-corrected chi connectivity index (χ3v) is 6.57. The summed E-state index contributed by atoms with van der Waals surface area (Å²) >= 11 is 0. The average Bonchev–Trinajstić information content (AvgIpc) is 2.83. The number of hydrogen-bond acceptors (Lipinski definition) is 4. The normalized spacial score (nSPS) is 17.1. The fraction of sp³-hybridized carbons (Fsp3) is 0.333. The van der Waals surface area contributed by atoms with E-state index in [-0.39, 0.29) is 28.2 Å². The molecule has 37 heavy (non-hydrogen) atoms. The van der Waals surface area contributed by atoms with Crippen molar-refractivity contribution in [2.24, 2.45) is 4.99 Å². The van der Waals surface area contributed by atoms with Gasteiger partial charge >= 0.3 is 12.1 Å². The predicted octanol–water partition coefficient (Wildman–Crippen LogP) is 7.66. The second kappa shape index (κ2) is 9.64. The Labute approximate surface area is 211 Å². The molecular formula is C27H26F5N3O2. The van der Waals surface area contributed by atoms with Gasteiger partial charge in [-0.25, -0.2) is 18.6 Å². The van der Waals surface area contributed by atoms with Gasteiger partial charge in [-0.15, -0.1) is 0 Å². The Kier molecular flexibility index (Phi) is 6.87. The average molecular weight is 520 g/mol. The molecule has 196 valence electrons. The van der Waals surface area contributed by atoms with Crippen LogP contribution in [-0.4, -0.2) is 35.0 Å². The predicted molar refractivity (Wildman–Crippen MR) is 132 cm³/mol. The minimum atomic E-state index is -4.98. The number of fused-ring (bicyclic) bond motifs is 1. The summed E-state index contributed by atoms with van der Waals surface area (Å²) in [6, 6.07) is 4.51. The van der Waals surface area contributed by atoms with E-state index in [2.05, 4.69) is 16.9 Å². The number of anilines is 1. The van der Waals surface area contributed by atoms with Gasteiger partial charge in [0.25, 0.3) is 5.92 Å². The van der Waals surface area contributed by atoms with Gasteiger partial charge in [0, 0.05) is 42.0 Å². The molecule has 4 rings (SSSR count). The van der Waals surface area contributed by atoms with Crippen LogP contribution in [0, 0.1) is 0 Å². The molecule has 2 aromatic rings. The molecule has 1 atom stereocenters. The number of nitrogens with zero attached hydrogens (tertiary/aromatic N) is 2. The minimum Gasteiger partial charge on any atom is -0.478 e. The van der Waals surface area contributed by atoms with Gasteiger partial charge in [-0.3, -0.25) is 0 Å². The maximum atomic E-state index is 14.6. The van der Waals surface area contributed by atoms with Gasteiger partial charge in [0.05, 0.1) is 11.3 Å². The van der Waals surface area contributed by atoms with Gasteiger partial charge in [-0.05, 0) is 55.5 Å². The lowest BCUT2D eigenvalue weighted by molar-refractivity contribution is -0.144. The molecule has 5 nitrogen and oxygen atoms in total. The van der Waals surface area contributed by atoms with Gasteiger partial charge in [-0.1, -0.05) is 24.8 Å². The molecule has 0 amide bonds. The molecule has 2 N–H and O–H groups in total. The van der Waals surface area contributed by atoms with E-state index < -0.39 is 35.2 Å². The first-order valence-corrected chi connectivity index (χ1v) is 11.7. The van der Waals surface area contributed by atoms with E-state index in [1.165, 1.54) is 18.2 Å². The number of rotatable bonds is 6. The molecule has 1 aliphatic carbocycles. The highest BCUT2D eigenvalue weighted by Crippen LogP contribution is 2.47. The fourth-order valence-electron chi connectivity index (χ4n) is 4.58.